The molecule has 6 heteroatoms. The van der Waals surface area contributed by atoms with Crippen LogP contribution in [0, 0.1) is 0 Å². The molecule has 0 aliphatic carbocycles. The third kappa shape index (κ3) is 7.56. The molecule has 1 heterocycles. The van der Waals surface area contributed by atoms with Crippen LogP contribution in [0.5, 0.6) is 11.6 Å². The van der Waals surface area contributed by atoms with E-state index in [-0.39, 0.29) is 12.0 Å². The number of halogens is 1. The molecule has 0 aliphatic rings. The molecule has 0 bridgehead atoms. The Labute approximate surface area is 156 Å². The van der Waals surface area contributed by atoms with Crippen LogP contribution < -0.4 is 14.8 Å². The van der Waals surface area contributed by atoms with E-state index in [0.717, 1.165) is 15.8 Å². The number of ether oxygens (including phenoxy) is 2. The highest BCUT2D eigenvalue weighted by Crippen LogP contribution is 2.17. The molecule has 1 amide bonds. The lowest BCUT2D eigenvalue weighted by Crippen LogP contribution is -2.23. The number of nitrogens with one attached hydrogen (secondary N) is 1. The van der Waals surface area contributed by atoms with Crippen molar-refractivity contribution >= 4 is 21.8 Å². The van der Waals surface area contributed by atoms with Gasteiger partial charge in [-0.25, -0.2) is 4.98 Å². The third-order valence-corrected chi connectivity index (χ3v) is 3.75. The second-order valence-corrected chi connectivity index (χ2v) is 6.77. The summed E-state index contributed by atoms with van der Waals surface area (Å²) in [6.07, 6.45) is 2.90. The van der Waals surface area contributed by atoms with Gasteiger partial charge in [-0.2, -0.15) is 0 Å². The van der Waals surface area contributed by atoms with Crippen molar-refractivity contribution in [1.82, 2.24) is 10.3 Å². The predicted octanol–water partition coefficient (Wildman–Crippen LogP) is 4.11. The number of hydrogen-bond acceptors (Lipinski definition) is 4. The summed E-state index contributed by atoms with van der Waals surface area (Å²) in [5, 5.41) is 2.88. The summed E-state index contributed by atoms with van der Waals surface area (Å²) in [6, 6.07) is 11.4. The number of benzene rings is 1. The molecule has 0 saturated heterocycles. The van der Waals surface area contributed by atoms with E-state index in [1.54, 1.807) is 6.20 Å². The predicted molar refractivity (Wildman–Crippen MR) is 101 cm³/mol. The Bertz CT molecular complexity index is 675. The maximum absolute atomic E-state index is 11.9. The normalized spacial score (nSPS) is 10.6. The van der Waals surface area contributed by atoms with Crippen molar-refractivity contribution in [3.63, 3.8) is 0 Å². The Hall–Kier alpha value is -2.08. The Balaban J connectivity index is 1.63. The molecule has 0 fully saturated rings. The van der Waals surface area contributed by atoms with Crippen molar-refractivity contribution in [2.24, 2.45) is 0 Å². The van der Waals surface area contributed by atoms with Crippen molar-refractivity contribution in [2.75, 3.05) is 6.61 Å². The van der Waals surface area contributed by atoms with Gasteiger partial charge in [0.1, 0.15) is 5.75 Å². The Morgan fingerprint density at radius 1 is 1.28 bits per heavy atom. The fraction of sp³-hybridized carbons (Fsp3) is 0.368. The number of rotatable bonds is 9. The van der Waals surface area contributed by atoms with Crippen LogP contribution in [-0.2, 0) is 11.3 Å². The number of carbonyl (C=O) groups is 1. The van der Waals surface area contributed by atoms with Gasteiger partial charge in [-0.1, -0.05) is 28.1 Å². The van der Waals surface area contributed by atoms with Crippen LogP contribution in [0.25, 0.3) is 0 Å². The maximum atomic E-state index is 11.9. The third-order valence-electron chi connectivity index (χ3n) is 3.26. The lowest BCUT2D eigenvalue weighted by atomic mass is 10.2. The first-order valence-corrected chi connectivity index (χ1v) is 9.09. The van der Waals surface area contributed by atoms with Gasteiger partial charge in [-0.05, 0) is 44.0 Å². The van der Waals surface area contributed by atoms with Crippen LogP contribution in [0.2, 0.25) is 0 Å². The van der Waals surface area contributed by atoms with Gasteiger partial charge in [0.25, 0.3) is 0 Å². The quantitative estimate of drug-likeness (QED) is 0.636. The van der Waals surface area contributed by atoms with E-state index >= 15 is 0 Å². The minimum Gasteiger partial charge on any atom is -0.494 e. The first-order chi connectivity index (χ1) is 12.0. The van der Waals surface area contributed by atoms with Gasteiger partial charge in [0.2, 0.25) is 11.8 Å². The molecule has 0 spiro atoms. The molecule has 25 heavy (non-hydrogen) atoms. The molecule has 0 aliphatic heterocycles. The van der Waals surface area contributed by atoms with E-state index in [9.17, 15) is 4.79 Å². The summed E-state index contributed by atoms with van der Waals surface area (Å²) in [4.78, 5) is 16.1. The second-order valence-electron chi connectivity index (χ2n) is 5.86. The largest absolute Gasteiger partial charge is 0.494 e. The molecular formula is C19H23BrN2O3. The first kappa shape index (κ1) is 19.2. The van der Waals surface area contributed by atoms with E-state index < -0.39 is 0 Å². The Kier molecular flexibility index (Phi) is 7.73. The van der Waals surface area contributed by atoms with E-state index in [1.165, 1.54) is 0 Å². The van der Waals surface area contributed by atoms with Crippen LogP contribution in [0.4, 0.5) is 0 Å². The Morgan fingerprint density at radius 3 is 2.80 bits per heavy atom. The molecule has 1 aromatic carbocycles. The fourth-order valence-corrected chi connectivity index (χ4v) is 2.47. The van der Waals surface area contributed by atoms with Gasteiger partial charge in [-0.15, -0.1) is 0 Å². The monoisotopic (exact) mass is 406 g/mol. The molecule has 0 radical (unpaired) electrons. The van der Waals surface area contributed by atoms with Crippen LogP contribution in [-0.4, -0.2) is 23.6 Å². The van der Waals surface area contributed by atoms with Crippen LogP contribution >= 0.6 is 15.9 Å². The van der Waals surface area contributed by atoms with Gasteiger partial charge < -0.3 is 14.8 Å². The Morgan fingerprint density at radius 2 is 2.12 bits per heavy atom. The van der Waals surface area contributed by atoms with E-state index in [2.05, 4.69) is 26.2 Å². The van der Waals surface area contributed by atoms with Gasteiger partial charge in [0, 0.05) is 29.7 Å². The van der Waals surface area contributed by atoms with Gasteiger partial charge in [-0.3, -0.25) is 4.79 Å². The molecule has 1 N–H and O–H groups in total. The molecule has 134 valence electrons. The number of hydrogen-bond donors (Lipinski definition) is 1. The number of carbonyl (C=O) groups excluding carboxylic acids is 1. The number of pyridine rings is 1. The van der Waals surface area contributed by atoms with Crippen molar-refractivity contribution in [2.45, 2.75) is 39.3 Å². The van der Waals surface area contributed by atoms with E-state index in [1.807, 2.05) is 50.2 Å². The summed E-state index contributed by atoms with van der Waals surface area (Å²) in [6.45, 7) is 4.87. The summed E-state index contributed by atoms with van der Waals surface area (Å²) in [7, 11) is 0. The van der Waals surface area contributed by atoms with Gasteiger partial charge in [0.05, 0.1) is 12.7 Å². The van der Waals surface area contributed by atoms with E-state index in [4.69, 9.17) is 9.47 Å². The average molecular weight is 407 g/mol. The summed E-state index contributed by atoms with van der Waals surface area (Å²) in [5.41, 5.74) is 0.940. The summed E-state index contributed by atoms with van der Waals surface area (Å²) >= 11 is 3.40. The molecular weight excluding hydrogens is 384 g/mol. The topological polar surface area (TPSA) is 60.5 Å². The van der Waals surface area contributed by atoms with Crippen molar-refractivity contribution in [3.8, 4) is 11.6 Å². The zero-order chi connectivity index (χ0) is 18.1. The molecule has 0 atom stereocenters. The zero-order valence-corrected chi connectivity index (χ0v) is 16.1. The molecule has 5 nitrogen and oxygen atoms in total. The minimum absolute atomic E-state index is 0.000323. The van der Waals surface area contributed by atoms with Gasteiger partial charge in [0.15, 0.2) is 0 Å². The smallest absolute Gasteiger partial charge is 0.220 e. The first-order valence-electron chi connectivity index (χ1n) is 8.29. The van der Waals surface area contributed by atoms with Crippen molar-refractivity contribution in [1.29, 1.82) is 0 Å². The molecule has 0 saturated carbocycles. The van der Waals surface area contributed by atoms with Crippen molar-refractivity contribution < 1.29 is 14.3 Å². The average Bonchev–Trinajstić information content (AvgIpc) is 2.58. The van der Waals surface area contributed by atoms with E-state index in [0.29, 0.717) is 31.9 Å². The number of aromatic nitrogens is 1. The molecule has 2 aromatic rings. The van der Waals surface area contributed by atoms with Crippen molar-refractivity contribution in [3.05, 3.63) is 52.6 Å². The van der Waals surface area contributed by atoms with Crippen LogP contribution in [0.1, 0.15) is 32.3 Å². The molecule has 1 aromatic heterocycles. The number of nitrogens with zero attached hydrogens (tertiary/aromatic N) is 1. The highest BCUT2D eigenvalue weighted by molar-refractivity contribution is 9.10. The van der Waals surface area contributed by atoms with Gasteiger partial charge >= 0.3 is 0 Å². The highest BCUT2D eigenvalue weighted by atomic mass is 79.9. The molecule has 0 unspecified atom stereocenters. The fourth-order valence-electron chi connectivity index (χ4n) is 2.10. The second kappa shape index (κ2) is 10.0. The lowest BCUT2D eigenvalue weighted by Gasteiger charge is -2.09. The summed E-state index contributed by atoms with van der Waals surface area (Å²) < 4.78 is 12.1. The van der Waals surface area contributed by atoms with Crippen LogP contribution in [0.3, 0.4) is 0 Å². The standard InChI is InChI=1S/C19H23BrN2O3/c1-14(2)25-19-9-8-15(13-22-19)12-21-18(23)7-4-10-24-17-6-3-5-16(20)11-17/h3,5-6,8-9,11,13-14H,4,7,10,12H2,1-2H3,(H,21,23). The highest BCUT2D eigenvalue weighted by Gasteiger charge is 2.04. The SMILES string of the molecule is CC(C)Oc1ccc(CNC(=O)CCCOc2cccc(Br)c2)cn1. The lowest BCUT2D eigenvalue weighted by molar-refractivity contribution is -0.121. The minimum atomic E-state index is 0.000323. The zero-order valence-electron chi connectivity index (χ0n) is 14.5. The maximum Gasteiger partial charge on any atom is 0.220 e. The molecule has 2 rings (SSSR count). The van der Waals surface area contributed by atoms with Crippen LogP contribution in [0.15, 0.2) is 47.1 Å². The number of amides is 1. The summed E-state index contributed by atoms with van der Waals surface area (Å²) in [5.74, 6) is 1.39.